The molecule has 0 radical (unpaired) electrons. The number of carbonyl (C=O) groups is 2. The third kappa shape index (κ3) is 5.52. The zero-order chi connectivity index (χ0) is 21.7. The van der Waals surface area contributed by atoms with Gasteiger partial charge in [-0.15, -0.1) is 0 Å². The smallest absolute Gasteiger partial charge is 0.338 e. The third-order valence-corrected chi connectivity index (χ3v) is 5.18. The Kier molecular flexibility index (Phi) is 6.99. The van der Waals surface area contributed by atoms with Gasteiger partial charge in [0.25, 0.3) is 5.91 Å². The van der Waals surface area contributed by atoms with E-state index in [0.717, 1.165) is 0 Å². The molecule has 1 saturated heterocycles. The molecule has 1 atom stereocenters. The van der Waals surface area contributed by atoms with Crippen molar-refractivity contribution in [2.75, 3.05) is 32.7 Å². The molecule has 160 valence electrons. The molecule has 1 aliphatic heterocycles. The van der Waals surface area contributed by atoms with Crippen molar-refractivity contribution in [1.82, 2.24) is 15.1 Å². The lowest BCUT2D eigenvalue weighted by Crippen LogP contribution is -2.52. The third-order valence-electron chi connectivity index (χ3n) is 4.93. The Morgan fingerprint density at radius 3 is 2.07 bits per heavy atom. The van der Waals surface area contributed by atoms with Crippen LogP contribution in [-0.2, 0) is 4.79 Å². The fourth-order valence-electron chi connectivity index (χ4n) is 3.30. The van der Waals surface area contributed by atoms with Crippen LogP contribution in [0.1, 0.15) is 22.0 Å². The summed E-state index contributed by atoms with van der Waals surface area (Å²) in [5.74, 6) is -0.600. The number of halogens is 4. The molecule has 5 nitrogen and oxygen atoms in total. The lowest BCUT2D eigenvalue weighted by atomic mass is 10.1. The molecule has 0 aromatic heterocycles. The quantitative estimate of drug-likeness (QED) is 0.775. The van der Waals surface area contributed by atoms with Gasteiger partial charge in [0.05, 0.1) is 6.54 Å². The molecule has 2 aromatic rings. The molecule has 30 heavy (non-hydrogen) atoms. The first kappa shape index (κ1) is 22.1. The van der Waals surface area contributed by atoms with Gasteiger partial charge in [-0.1, -0.05) is 41.9 Å². The first-order valence-electron chi connectivity index (χ1n) is 9.43. The number of hydrogen-bond donors (Lipinski definition) is 1. The van der Waals surface area contributed by atoms with E-state index in [9.17, 15) is 22.8 Å². The number of nitrogens with one attached hydrogen (secondary N) is 1. The highest BCUT2D eigenvalue weighted by Gasteiger charge is 2.41. The number of amides is 2. The van der Waals surface area contributed by atoms with Gasteiger partial charge in [-0.25, -0.2) is 0 Å². The predicted octanol–water partition coefficient (Wildman–Crippen LogP) is 3.52. The van der Waals surface area contributed by atoms with Gasteiger partial charge in [-0.3, -0.25) is 14.9 Å². The maximum absolute atomic E-state index is 13.4. The van der Waals surface area contributed by atoms with Gasteiger partial charge in [-0.2, -0.15) is 13.2 Å². The summed E-state index contributed by atoms with van der Waals surface area (Å²) in [4.78, 5) is 28.0. The molecule has 2 aromatic carbocycles. The van der Waals surface area contributed by atoms with Crippen LogP contribution in [0.2, 0.25) is 5.02 Å². The summed E-state index contributed by atoms with van der Waals surface area (Å²) in [5, 5.41) is 2.86. The second-order valence-electron chi connectivity index (χ2n) is 6.95. The SMILES string of the molecule is O=C(CNC(c1ccccc1)C(F)(F)F)N1CCN(C(=O)c2ccc(Cl)cc2)CC1. The van der Waals surface area contributed by atoms with Gasteiger partial charge in [0, 0.05) is 36.8 Å². The second-order valence-corrected chi connectivity index (χ2v) is 7.38. The lowest BCUT2D eigenvalue weighted by molar-refractivity contribution is -0.159. The first-order chi connectivity index (χ1) is 14.3. The highest BCUT2D eigenvalue weighted by atomic mass is 35.5. The average molecular weight is 440 g/mol. The van der Waals surface area contributed by atoms with Crippen LogP contribution >= 0.6 is 11.6 Å². The van der Waals surface area contributed by atoms with Crippen LogP contribution in [0.3, 0.4) is 0 Å². The van der Waals surface area contributed by atoms with Crippen LogP contribution in [0.4, 0.5) is 13.2 Å². The predicted molar refractivity (Wildman–Crippen MR) is 107 cm³/mol. The molecule has 1 aliphatic rings. The molecule has 3 rings (SSSR count). The zero-order valence-corrected chi connectivity index (χ0v) is 16.8. The number of carbonyl (C=O) groups excluding carboxylic acids is 2. The highest BCUT2D eigenvalue weighted by molar-refractivity contribution is 6.30. The van der Waals surface area contributed by atoms with Crippen molar-refractivity contribution in [1.29, 1.82) is 0 Å². The zero-order valence-electron chi connectivity index (χ0n) is 16.0. The highest BCUT2D eigenvalue weighted by Crippen LogP contribution is 2.32. The van der Waals surface area contributed by atoms with Crippen LogP contribution in [0, 0.1) is 0 Å². The van der Waals surface area contributed by atoms with E-state index in [1.54, 1.807) is 35.2 Å². The minimum atomic E-state index is -4.52. The monoisotopic (exact) mass is 439 g/mol. The molecule has 0 bridgehead atoms. The van der Waals surface area contributed by atoms with Crippen LogP contribution in [0.5, 0.6) is 0 Å². The van der Waals surface area contributed by atoms with Crippen molar-refractivity contribution >= 4 is 23.4 Å². The summed E-state index contributed by atoms with van der Waals surface area (Å²) in [6, 6.07) is 12.0. The second kappa shape index (κ2) is 9.49. The van der Waals surface area contributed by atoms with Gasteiger partial charge in [0.2, 0.25) is 5.91 Å². The number of benzene rings is 2. The van der Waals surface area contributed by atoms with E-state index in [1.165, 1.54) is 29.2 Å². The Morgan fingerprint density at radius 2 is 1.50 bits per heavy atom. The fraction of sp³-hybridized carbons (Fsp3) is 0.333. The van der Waals surface area contributed by atoms with Gasteiger partial charge in [0.15, 0.2) is 0 Å². The van der Waals surface area contributed by atoms with Crippen molar-refractivity contribution in [2.24, 2.45) is 0 Å². The molecule has 9 heteroatoms. The molecule has 1 heterocycles. The Bertz CT molecular complexity index is 867. The topological polar surface area (TPSA) is 52.7 Å². The van der Waals surface area contributed by atoms with E-state index in [1.807, 2.05) is 0 Å². The summed E-state index contributed by atoms with van der Waals surface area (Å²) >= 11 is 5.83. The first-order valence-corrected chi connectivity index (χ1v) is 9.81. The minimum absolute atomic E-state index is 0.0520. The summed E-state index contributed by atoms with van der Waals surface area (Å²) in [6.45, 7) is 0.719. The molecule has 1 unspecified atom stereocenters. The molecular weight excluding hydrogens is 419 g/mol. The molecule has 0 aliphatic carbocycles. The number of nitrogens with zero attached hydrogens (tertiary/aromatic N) is 2. The van der Waals surface area contributed by atoms with Crippen molar-refractivity contribution in [2.45, 2.75) is 12.2 Å². The molecule has 0 spiro atoms. The number of piperazine rings is 1. The standard InChI is InChI=1S/C21H21ClF3N3O2/c22-17-8-6-16(7-9-17)20(30)28-12-10-27(11-13-28)18(29)14-26-19(21(23,24)25)15-4-2-1-3-5-15/h1-9,19,26H,10-14H2. The Hall–Kier alpha value is -2.58. The van der Waals surface area contributed by atoms with E-state index in [4.69, 9.17) is 11.6 Å². The summed E-state index contributed by atoms with van der Waals surface area (Å²) in [6.07, 6.45) is -4.52. The number of alkyl halides is 3. The fourth-order valence-corrected chi connectivity index (χ4v) is 3.43. The van der Waals surface area contributed by atoms with Gasteiger partial charge in [0.1, 0.15) is 6.04 Å². The summed E-state index contributed by atoms with van der Waals surface area (Å²) in [7, 11) is 0. The van der Waals surface area contributed by atoms with Crippen molar-refractivity contribution in [3.63, 3.8) is 0 Å². The Morgan fingerprint density at radius 1 is 0.933 bits per heavy atom. The maximum Gasteiger partial charge on any atom is 0.407 e. The van der Waals surface area contributed by atoms with Crippen molar-refractivity contribution in [3.05, 3.63) is 70.7 Å². The number of hydrogen-bond acceptors (Lipinski definition) is 3. The average Bonchev–Trinajstić information content (AvgIpc) is 2.74. The molecule has 1 fully saturated rings. The van der Waals surface area contributed by atoms with Gasteiger partial charge >= 0.3 is 6.18 Å². The molecular formula is C21H21ClF3N3O2. The normalized spacial score (nSPS) is 15.7. The van der Waals surface area contributed by atoms with Crippen LogP contribution < -0.4 is 5.32 Å². The van der Waals surface area contributed by atoms with E-state index >= 15 is 0 Å². The van der Waals surface area contributed by atoms with Gasteiger partial charge < -0.3 is 9.80 Å². The van der Waals surface area contributed by atoms with Crippen molar-refractivity contribution < 1.29 is 22.8 Å². The van der Waals surface area contributed by atoms with E-state index in [-0.39, 0.29) is 24.6 Å². The minimum Gasteiger partial charge on any atom is -0.338 e. The van der Waals surface area contributed by atoms with E-state index in [0.29, 0.717) is 23.7 Å². The summed E-state index contributed by atoms with van der Waals surface area (Å²) in [5.41, 5.74) is 0.549. The molecule has 1 N–H and O–H groups in total. The largest absolute Gasteiger partial charge is 0.407 e. The van der Waals surface area contributed by atoms with E-state index < -0.39 is 24.7 Å². The van der Waals surface area contributed by atoms with Crippen LogP contribution in [0.25, 0.3) is 0 Å². The van der Waals surface area contributed by atoms with Crippen LogP contribution in [0.15, 0.2) is 54.6 Å². The Labute approximate surface area is 177 Å². The van der Waals surface area contributed by atoms with Gasteiger partial charge in [-0.05, 0) is 29.8 Å². The summed E-state index contributed by atoms with van der Waals surface area (Å²) < 4.78 is 40.2. The van der Waals surface area contributed by atoms with E-state index in [2.05, 4.69) is 5.32 Å². The Balaban J connectivity index is 1.53. The van der Waals surface area contributed by atoms with Crippen molar-refractivity contribution in [3.8, 4) is 0 Å². The number of rotatable bonds is 5. The molecule has 2 amide bonds. The maximum atomic E-state index is 13.4. The molecule has 0 saturated carbocycles. The lowest BCUT2D eigenvalue weighted by Gasteiger charge is -2.35. The van der Waals surface area contributed by atoms with Crippen LogP contribution in [-0.4, -0.2) is 60.5 Å².